The molecule has 1 aromatic carbocycles. The molecule has 0 aliphatic carbocycles. The van der Waals surface area contributed by atoms with E-state index in [0.29, 0.717) is 12.5 Å². The van der Waals surface area contributed by atoms with Crippen LogP contribution in [0.4, 0.5) is 14.5 Å². The molecule has 1 rings (SSSR count). The molecule has 0 aliphatic rings. The highest BCUT2D eigenvalue weighted by atomic mass is 19.1. The van der Waals surface area contributed by atoms with Gasteiger partial charge in [-0.25, -0.2) is 8.78 Å². The first-order chi connectivity index (χ1) is 7.90. The average Bonchev–Trinajstić information content (AvgIpc) is 2.23. The molecule has 0 saturated carbocycles. The first kappa shape index (κ1) is 13.4. The van der Waals surface area contributed by atoms with Crippen LogP contribution in [0.2, 0.25) is 0 Å². The minimum atomic E-state index is -0.549. The lowest BCUT2D eigenvalue weighted by atomic mass is 10.2. The SMILES string of the molecule is Cc1cc(F)c(NC(N)=NCC(C)C)cc1F. The Morgan fingerprint density at radius 3 is 2.59 bits per heavy atom. The zero-order valence-electron chi connectivity index (χ0n) is 10.2. The Balaban J connectivity index is 2.81. The van der Waals surface area contributed by atoms with E-state index in [0.717, 1.165) is 12.1 Å². The van der Waals surface area contributed by atoms with Gasteiger partial charge < -0.3 is 11.1 Å². The third kappa shape index (κ3) is 4.01. The predicted octanol–water partition coefficient (Wildman–Crippen LogP) is 2.66. The van der Waals surface area contributed by atoms with Crippen LogP contribution in [0, 0.1) is 24.5 Å². The quantitative estimate of drug-likeness (QED) is 0.631. The van der Waals surface area contributed by atoms with Gasteiger partial charge in [0.2, 0.25) is 0 Å². The van der Waals surface area contributed by atoms with Crippen molar-refractivity contribution in [3.63, 3.8) is 0 Å². The molecule has 0 radical (unpaired) electrons. The van der Waals surface area contributed by atoms with E-state index in [1.807, 2.05) is 13.8 Å². The van der Waals surface area contributed by atoms with Crippen LogP contribution in [0.3, 0.4) is 0 Å². The Hall–Kier alpha value is -1.65. The number of rotatable bonds is 3. The van der Waals surface area contributed by atoms with Crippen molar-refractivity contribution in [3.8, 4) is 0 Å². The maximum Gasteiger partial charge on any atom is 0.193 e. The van der Waals surface area contributed by atoms with E-state index in [1.165, 1.54) is 6.92 Å². The van der Waals surface area contributed by atoms with E-state index >= 15 is 0 Å². The van der Waals surface area contributed by atoms with E-state index in [-0.39, 0.29) is 17.2 Å². The second-order valence-electron chi connectivity index (χ2n) is 4.33. The van der Waals surface area contributed by atoms with Crippen molar-refractivity contribution in [2.75, 3.05) is 11.9 Å². The Morgan fingerprint density at radius 2 is 2.00 bits per heavy atom. The zero-order valence-corrected chi connectivity index (χ0v) is 10.2. The van der Waals surface area contributed by atoms with Crippen LogP contribution in [0.15, 0.2) is 17.1 Å². The van der Waals surface area contributed by atoms with Crippen LogP contribution in [-0.2, 0) is 0 Å². The van der Waals surface area contributed by atoms with Gasteiger partial charge in [-0.1, -0.05) is 13.8 Å². The summed E-state index contributed by atoms with van der Waals surface area (Å²) >= 11 is 0. The summed E-state index contributed by atoms with van der Waals surface area (Å²) in [6, 6.07) is 2.19. The fraction of sp³-hybridized carbons (Fsp3) is 0.417. The third-order valence-electron chi connectivity index (χ3n) is 2.14. The van der Waals surface area contributed by atoms with Crippen LogP contribution in [-0.4, -0.2) is 12.5 Å². The molecule has 94 valence electrons. The molecule has 3 nitrogen and oxygen atoms in total. The molecule has 0 aromatic heterocycles. The predicted molar refractivity (Wildman–Crippen MR) is 66.0 cm³/mol. The van der Waals surface area contributed by atoms with Crippen molar-refractivity contribution in [2.24, 2.45) is 16.6 Å². The van der Waals surface area contributed by atoms with Crippen molar-refractivity contribution in [1.82, 2.24) is 0 Å². The van der Waals surface area contributed by atoms with Gasteiger partial charge in [-0.15, -0.1) is 0 Å². The lowest BCUT2D eigenvalue weighted by Gasteiger charge is -2.09. The van der Waals surface area contributed by atoms with Crippen molar-refractivity contribution in [2.45, 2.75) is 20.8 Å². The minimum absolute atomic E-state index is 0.00175. The first-order valence-electron chi connectivity index (χ1n) is 5.42. The first-order valence-corrected chi connectivity index (χ1v) is 5.42. The summed E-state index contributed by atoms with van der Waals surface area (Å²) in [6.07, 6.45) is 0. The molecule has 0 aliphatic heterocycles. The van der Waals surface area contributed by atoms with Gasteiger partial charge >= 0.3 is 0 Å². The van der Waals surface area contributed by atoms with Crippen molar-refractivity contribution in [1.29, 1.82) is 0 Å². The molecule has 1 aromatic rings. The van der Waals surface area contributed by atoms with E-state index in [1.54, 1.807) is 0 Å². The molecule has 0 amide bonds. The molecule has 0 bridgehead atoms. The lowest BCUT2D eigenvalue weighted by molar-refractivity contribution is 0.596. The van der Waals surface area contributed by atoms with Crippen LogP contribution in [0.1, 0.15) is 19.4 Å². The Kier molecular flexibility index (Phi) is 4.43. The Morgan fingerprint density at radius 1 is 1.35 bits per heavy atom. The molecular formula is C12H17F2N3. The standard InChI is InChI=1S/C12H17F2N3/c1-7(2)6-16-12(15)17-11-5-9(13)8(3)4-10(11)14/h4-5,7H,6H2,1-3H3,(H3,15,16,17). The van der Waals surface area contributed by atoms with E-state index in [9.17, 15) is 8.78 Å². The number of halogens is 2. The summed E-state index contributed by atoms with van der Waals surface area (Å²) < 4.78 is 26.7. The number of nitrogens with one attached hydrogen (secondary N) is 1. The molecule has 0 saturated heterocycles. The lowest BCUT2D eigenvalue weighted by Crippen LogP contribution is -2.24. The van der Waals surface area contributed by atoms with Gasteiger partial charge in [0.1, 0.15) is 11.6 Å². The highest BCUT2D eigenvalue weighted by Crippen LogP contribution is 2.18. The van der Waals surface area contributed by atoms with E-state index in [4.69, 9.17) is 5.73 Å². The topological polar surface area (TPSA) is 50.4 Å². The molecule has 0 spiro atoms. The number of nitrogens with two attached hydrogens (primary N) is 1. The van der Waals surface area contributed by atoms with Crippen molar-refractivity contribution in [3.05, 3.63) is 29.3 Å². The summed E-state index contributed by atoms with van der Waals surface area (Å²) in [7, 11) is 0. The number of hydrogen-bond acceptors (Lipinski definition) is 1. The van der Waals surface area contributed by atoms with Gasteiger partial charge in [0, 0.05) is 12.6 Å². The summed E-state index contributed by atoms with van der Waals surface area (Å²) in [5.74, 6) is -0.590. The van der Waals surface area contributed by atoms with Crippen LogP contribution in [0.25, 0.3) is 0 Å². The largest absolute Gasteiger partial charge is 0.370 e. The Labute approximate surface area is 99.7 Å². The third-order valence-corrected chi connectivity index (χ3v) is 2.14. The van der Waals surface area contributed by atoms with Gasteiger partial charge in [0.15, 0.2) is 5.96 Å². The number of aryl methyl sites for hydroxylation is 1. The minimum Gasteiger partial charge on any atom is -0.370 e. The molecule has 17 heavy (non-hydrogen) atoms. The molecule has 0 atom stereocenters. The summed E-state index contributed by atoms with van der Waals surface area (Å²) in [5, 5.41) is 2.55. The summed E-state index contributed by atoms with van der Waals surface area (Å²) in [6.45, 7) is 6.01. The highest BCUT2D eigenvalue weighted by molar-refractivity contribution is 5.92. The van der Waals surface area contributed by atoms with Crippen LogP contribution in [0.5, 0.6) is 0 Å². The van der Waals surface area contributed by atoms with Crippen LogP contribution >= 0.6 is 0 Å². The van der Waals surface area contributed by atoms with Crippen molar-refractivity contribution >= 4 is 11.6 Å². The van der Waals surface area contributed by atoms with Crippen molar-refractivity contribution < 1.29 is 8.78 Å². The molecule has 0 heterocycles. The second-order valence-corrected chi connectivity index (χ2v) is 4.33. The smallest absolute Gasteiger partial charge is 0.193 e. The molecular weight excluding hydrogens is 224 g/mol. The molecule has 3 N–H and O–H groups in total. The molecule has 0 unspecified atom stereocenters. The summed E-state index contributed by atoms with van der Waals surface area (Å²) in [4.78, 5) is 4.01. The fourth-order valence-corrected chi connectivity index (χ4v) is 1.20. The number of anilines is 1. The zero-order chi connectivity index (χ0) is 13.0. The maximum atomic E-state index is 13.4. The van der Waals surface area contributed by atoms with E-state index < -0.39 is 11.6 Å². The average molecular weight is 241 g/mol. The van der Waals surface area contributed by atoms with Gasteiger partial charge in [0.25, 0.3) is 0 Å². The van der Waals surface area contributed by atoms with Gasteiger partial charge in [-0.05, 0) is 24.5 Å². The monoisotopic (exact) mass is 241 g/mol. The molecule has 0 fully saturated rings. The number of nitrogens with zero attached hydrogens (tertiary/aromatic N) is 1. The maximum absolute atomic E-state index is 13.4. The number of aliphatic imine (C=N–C) groups is 1. The number of hydrogen-bond donors (Lipinski definition) is 2. The number of benzene rings is 1. The van der Waals surface area contributed by atoms with E-state index in [2.05, 4.69) is 10.3 Å². The number of guanidine groups is 1. The van der Waals surface area contributed by atoms with Crippen LogP contribution < -0.4 is 11.1 Å². The van der Waals surface area contributed by atoms with Gasteiger partial charge in [-0.3, -0.25) is 4.99 Å². The molecule has 5 heteroatoms. The second kappa shape index (κ2) is 5.61. The fourth-order valence-electron chi connectivity index (χ4n) is 1.20. The Bertz CT molecular complexity index is 428. The van der Waals surface area contributed by atoms with Gasteiger partial charge in [0.05, 0.1) is 5.69 Å². The normalized spacial score (nSPS) is 12.0. The highest BCUT2D eigenvalue weighted by Gasteiger charge is 2.07. The van der Waals surface area contributed by atoms with Gasteiger partial charge in [-0.2, -0.15) is 0 Å². The summed E-state index contributed by atoms with van der Waals surface area (Å²) in [5.41, 5.74) is 5.81.